The number of ether oxygens (including phenoxy) is 2. The Balaban J connectivity index is 3.04. The van der Waals surface area contributed by atoms with Crippen molar-refractivity contribution in [3.8, 4) is 0 Å². The van der Waals surface area contributed by atoms with E-state index in [1.165, 1.54) is 37.3 Å². The van der Waals surface area contributed by atoms with Crippen LogP contribution in [0.3, 0.4) is 0 Å². The van der Waals surface area contributed by atoms with Crippen molar-refractivity contribution in [1.29, 1.82) is 0 Å². The number of carbonyl (C=O) groups excluding carboxylic acids is 2. The Labute approximate surface area is 143 Å². The van der Waals surface area contributed by atoms with E-state index in [4.69, 9.17) is 4.74 Å². The maximum atomic E-state index is 12.0. The van der Waals surface area contributed by atoms with Crippen molar-refractivity contribution in [3.05, 3.63) is 60.2 Å². The molecule has 0 aromatic heterocycles. The first kappa shape index (κ1) is 19.6. The van der Waals surface area contributed by atoms with Crippen molar-refractivity contribution in [3.63, 3.8) is 0 Å². The van der Waals surface area contributed by atoms with Crippen LogP contribution in [0, 0.1) is 0 Å². The Morgan fingerprint density at radius 2 is 1.52 bits per heavy atom. The minimum atomic E-state index is -2.23. The second-order valence-corrected chi connectivity index (χ2v) is 4.64. The van der Waals surface area contributed by atoms with Gasteiger partial charge in [-0.25, -0.2) is 19.2 Å². The molecule has 1 rings (SSSR count). The number of carboxylic acids is 2. The normalized spacial score (nSPS) is 13.2. The highest BCUT2D eigenvalue weighted by atomic mass is 16.6. The second-order valence-electron chi connectivity index (χ2n) is 4.64. The van der Waals surface area contributed by atoms with Crippen LogP contribution >= 0.6 is 0 Å². The maximum Gasteiger partial charge on any atom is 0.349 e. The molecule has 25 heavy (non-hydrogen) atoms. The number of carboxylic acid groups (broad SMARTS) is 2. The molecule has 0 fully saturated rings. The lowest BCUT2D eigenvalue weighted by Gasteiger charge is -2.21. The lowest BCUT2D eigenvalue weighted by Crippen LogP contribution is -2.46. The molecule has 0 heterocycles. The number of hydrogen-bond donors (Lipinski definition) is 2. The molecule has 2 atom stereocenters. The molecule has 0 saturated carbocycles. The summed E-state index contributed by atoms with van der Waals surface area (Å²) in [5.74, 6) is -5.72. The Kier molecular flexibility index (Phi) is 7.08. The van der Waals surface area contributed by atoms with Crippen molar-refractivity contribution in [2.24, 2.45) is 0 Å². The van der Waals surface area contributed by atoms with Gasteiger partial charge in [-0.3, -0.25) is 0 Å². The largest absolute Gasteiger partial charge is 0.478 e. The lowest BCUT2D eigenvalue weighted by molar-refractivity contribution is -0.176. The fourth-order valence-corrected chi connectivity index (χ4v) is 1.74. The third kappa shape index (κ3) is 5.31. The molecule has 2 N–H and O–H groups in total. The van der Waals surface area contributed by atoms with E-state index in [0.717, 1.165) is 6.08 Å². The van der Waals surface area contributed by atoms with Crippen LogP contribution in [0.2, 0.25) is 0 Å². The fraction of sp³-hybridized carbons (Fsp3) is 0.176. The summed E-state index contributed by atoms with van der Waals surface area (Å²) in [7, 11) is 0. The van der Waals surface area contributed by atoms with Crippen molar-refractivity contribution < 1.29 is 38.9 Å². The second kappa shape index (κ2) is 9.02. The summed E-state index contributed by atoms with van der Waals surface area (Å²) in [4.78, 5) is 46.5. The van der Waals surface area contributed by atoms with Gasteiger partial charge in [-0.05, 0) is 19.1 Å². The Morgan fingerprint density at radius 3 is 1.96 bits per heavy atom. The number of benzene rings is 1. The van der Waals surface area contributed by atoms with E-state index in [9.17, 15) is 29.4 Å². The van der Waals surface area contributed by atoms with Crippen LogP contribution in [0.15, 0.2) is 54.6 Å². The first-order valence-electron chi connectivity index (χ1n) is 7.03. The van der Waals surface area contributed by atoms with Gasteiger partial charge >= 0.3 is 23.9 Å². The standard InChI is InChI=1S/C17H16O8/c1-3-10(4-2)16(22)24-12(14(18)19)13(15(20)21)25-17(23)11-8-6-5-7-9-11/h3-9,12-13H,1H2,2H3,(H,18,19)(H,20,21)/b10-4+/t12-,13-/m1/s1. The molecule has 0 spiro atoms. The number of allylic oxidation sites excluding steroid dienone is 1. The summed E-state index contributed by atoms with van der Waals surface area (Å²) in [6.07, 6.45) is -2.03. The van der Waals surface area contributed by atoms with E-state index in [1.54, 1.807) is 6.07 Å². The smallest absolute Gasteiger partial charge is 0.349 e. The Hall–Kier alpha value is -3.42. The van der Waals surface area contributed by atoms with Gasteiger partial charge in [-0.2, -0.15) is 0 Å². The van der Waals surface area contributed by atoms with E-state index in [1.807, 2.05) is 0 Å². The molecule has 0 radical (unpaired) electrons. The molecule has 0 aliphatic carbocycles. The van der Waals surface area contributed by atoms with Crippen LogP contribution in [0.25, 0.3) is 0 Å². The fourth-order valence-electron chi connectivity index (χ4n) is 1.74. The molecular weight excluding hydrogens is 332 g/mol. The number of rotatable bonds is 8. The summed E-state index contributed by atoms with van der Waals surface area (Å²) < 4.78 is 9.41. The molecule has 1 aromatic rings. The highest BCUT2D eigenvalue weighted by Gasteiger charge is 2.41. The first-order chi connectivity index (χ1) is 11.8. The summed E-state index contributed by atoms with van der Waals surface area (Å²) in [6.45, 7) is 4.84. The van der Waals surface area contributed by atoms with Gasteiger partial charge in [-0.15, -0.1) is 0 Å². The molecular formula is C17H16O8. The van der Waals surface area contributed by atoms with E-state index >= 15 is 0 Å². The van der Waals surface area contributed by atoms with Crippen molar-refractivity contribution in [2.75, 3.05) is 0 Å². The van der Waals surface area contributed by atoms with Crippen LogP contribution in [-0.2, 0) is 23.9 Å². The zero-order valence-electron chi connectivity index (χ0n) is 13.2. The van der Waals surface area contributed by atoms with Gasteiger partial charge < -0.3 is 19.7 Å². The number of hydrogen-bond acceptors (Lipinski definition) is 6. The van der Waals surface area contributed by atoms with Gasteiger partial charge in [0.1, 0.15) is 0 Å². The van der Waals surface area contributed by atoms with Gasteiger partial charge in [0.05, 0.1) is 11.1 Å². The molecule has 8 heteroatoms. The number of carbonyl (C=O) groups is 4. The summed E-state index contributed by atoms with van der Waals surface area (Å²) in [6, 6.07) is 7.38. The third-order valence-corrected chi connectivity index (χ3v) is 3.01. The minimum absolute atomic E-state index is 0.0180. The molecule has 1 aromatic carbocycles. The zero-order chi connectivity index (χ0) is 19.0. The highest BCUT2D eigenvalue weighted by Crippen LogP contribution is 2.13. The van der Waals surface area contributed by atoms with Crippen molar-refractivity contribution in [2.45, 2.75) is 19.1 Å². The molecule has 8 nitrogen and oxygen atoms in total. The molecule has 0 saturated heterocycles. The average Bonchev–Trinajstić information content (AvgIpc) is 2.59. The topological polar surface area (TPSA) is 127 Å². The van der Waals surface area contributed by atoms with Crippen LogP contribution in [-0.4, -0.2) is 46.3 Å². The van der Waals surface area contributed by atoms with Gasteiger partial charge in [0.25, 0.3) is 0 Å². The van der Waals surface area contributed by atoms with E-state index in [0.29, 0.717) is 0 Å². The predicted molar refractivity (Wildman–Crippen MR) is 84.8 cm³/mol. The molecule has 132 valence electrons. The Bertz CT molecular complexity index is 705. The van der Waals surface area contributed by atoms with Crippen LogP contribution in [0.5, 0.6) is 0 Å². The molecule has 0 aliphatic heterocycles. The lowest BCUT2D eigenvalue weighted by atomic mass is 10.1. The van der Waals surface area contributed by atoms with Crippen molar-refractivity contribution in [1.82, 2.24) is 0 Å². The van der Waals surface area contributed by atoms with Gasteiger partial charge in [0.15, 0.2) is 0 Å². The van der Waals surface area contributed by atoms with Crippen LogP contribution in [0.4, 0.5) is 0 Å². The summed E-state index contributed by atoms with van der Waals surface area (Å²) in [5, 5.41) is 18.4. The molecule has 0 aliphatic rings. The molecule has 0 amide bonds. The van der Waals surface area contributed by atoms with Crippen molar-refractivity contribution >= 4 is 23.9 Å². The van der Waals surface area contributed by atoms with E-state index in [-0.39, 0.29) is 11.1 Å². The van der Waals surface area contributed by atoms with Crippen LogP contribution in [0.1, 0.15) is 17.3 Å². The zero-order valence-corrected chi connectivity index (χ0v) is 13.2. The molecule has 0 bridgehead atoms. The van der Waals surface area contributed by atoms with Gasteiger partial charge in [0.2, 0.25) is 12.2 Å². The average molecular weight is 348 g/mol. The summed E-state index contributed by atoms with van der Waals surface area (Å²) >= 11 is 0. The SMILES string of the molecule is C=C/C(=C\C)C(=O)O[C@@H](C(=O)O)[C@@H](OC(=O)c1ccccc1)C(=O)O. The van der Waals surface area contributed by atoms with E-state index < -0.39 is 36.1 Å². The highest BCUT2D eigenvalue weighted by molar-refractivity contribution is 5.96. The predicted octanol–water partition coefficient (Wildman–Crippen LogP) is 1.43. The van der Waals surface area contributed by atoms with Gasteiger partial charge in [-0.1, -0.05) is 36.9 Å². The summed E-state index contributed by atoms with van der Waals surface area (Å²) in [5.41, 5.74) is -0.0470. The monoisotopic (exact) mass is 348 g/mol. The number of esters is 2. The van der Waals surface area contributed by atoms with Gasteiger partial charge in [0, 0.05) is 0 Å². The van der Waals surface area contributed by atoms with Crippen LogP contribution < -0.4 is 0 Å². The number of aliphatic carboxylic acids is 2. The van der Waals surface area contributed by atoms with E-state index in [2.05, 4.69) is 11.3 Å². The third-order valence-electron chi connectivity index (χ3n) is 3.01. The first-order valence-corrected chi connectivity index (χ1v) is 7.03. The quantitative estimate of drug-likeness (QED) is 0.410. The Morgan fingerprint density at radius 1 is 1.00 bits per heavy atom. The maximum absolute atomic E-state index is 12.0. The minimum Gasteiger partial charge on any atom is -0.478 e. The molecule has 0 unspecified atom stereocenters.